The van der Waals surface area contributed by atoms with E-state index in [2.05, 4.69) is 6.07 Å². The Balaban J connectivity index is 2.66. The van der Waals surface area contributed by atoms with E-state index >= 15 is 0 Å². The minimum atomic E-state index is -0.648. The number of rotatable bonds is 4. The number of carbonyl (C=O) groups excluding carboxylic acids is 1. The molecular formula is C13H22N2O3. The van der Waals surface area contributed by atoms with Crippen LogP contribution in [0.15, 0.2) is 0 Å². The van der Waals surface area contributed by atoms with E-state index in [-0.39, 0.29) is 18.4 Å². The average molecular weight is 254 g/mol. The number of hydrogen-bond donors (Lipinski definition) is 1. The fourth-order valence-corrected chi connectivity index (χ4v) is 2.09. The predicted octanol–water partition coefficient (Wildman–Crippen LogP) is 0.925. The van der Waals surface area contributed by atoms with Crippen molar-refractivity contribution in [2.24, 2.45) is 5.41 Å². The van der Waals surface area contributed by atoms with Crippen LogP contribution in [0.1, 0.15) is 33.6 Å². The molecule has 0 spiro atoms. The fraction of sp³-hybridized carbons (Fsp3) is 0.846. The van der Waals surface area contributed by atoms with E-state index in [0.29, 0.717) is 26.2 Å². The summed E-state index contributed by atoms with van der Waals surface area (Å²) in [7, 11) is 0. The molecule has 1 rings (SSSR count). The maximum Gasteiger partial charge on any atom is 0.224 e. The Bertz CT molecular complexity index is 334. The Labute approximate surface area is 108 Å². The highest BCUT2D eigenvalue weighted by atomic mass is 16.5. The Morgan fingerprint density at radius 3 is 2.89 bits per heavy atom. The van der Waals surface area contributed by atoms with Gasteiger partial charge in [-0.1, -0.05) is 0 Å². The van der Waals surface area contributed by atoms with Gasteiger partial charge >= 0.3 is 0 Å². The zero-order valence-electron chi connectivity index (χ0n) is 11.3. The van der Waals surface area contributed by atoms with Crippen LogP contribution in [-0.2, 0) is 9.53 Å². The van der Waals surface area contributed by atoms with Gasteiger partial charge in [0.2, 0.25) is 5.91 Å². The Hall–Kier alpha value is -1.12. The van der Waals surface area contributed by atoms with Crippen LogP contribution in [0.2, 0.25) is 0 Å². The van der Waals surface area contributed by atoms with Crippen molar-refractivity contribution >= 4 is 5.91 Å². The molecule has 1 aliphatic heterocycles. The largest absolute Gasteiger partial charge is 0.393 e. The number of aliphatic hydroxyl groups is 1. The van der Waals surface area contributed by atoms with Crippen molar-refractivity contribution in [3.63, 3.8) is 0 Å². The second-order valence-corrected chi connectivity index (χ2v) is 5.57. The summed E-state index contributed by atoms with van der Waals surface area (Å²) in [6.07, 6.45) is 0.259. The van der Waals surface area contributed by atoms with E-state index in [1.54, 1.807) is 25.7 Å². The highest BCUT2D eigenvalue weighted by Gasteiger charge is 2.31. The van der Waals surface area contributed by atoms with Crippen LogP contribution in [-0.4, -0.2) is 47.8 Å². The second-order valence-electron chi connectivity index (χ2n) is 5.57. The molecule has 0 aromatic rings. The summed E-state index contributed by atoms with van der Waals surface area (Å²) >= 11 is 0. The number of aliphatic hydroxyl groups excluding tert-OH is 1. The third-order valence-corrected chi connectivity index (χ3v) is 3.06. The van der Waals surface area contributed by atoms with E-state index in [1.807, 2.05) is 0 Å². The van der Waals surface area contributed by atoms with Crippen LogP contribution in [0.3, 0.4) is 0 Å². The molecule has 0 aliphatic carbocycles. The maximum atomic E-state index is 12.2. The van der Waals surface area contributed by atoms with Gasteiger partial charge in [0, 0.05) is 13.0 Å². The van der Waals surface area contributed by atoms with Crippen molar-refractivity contribution in [2.75, 3.05) is 19.8 Å². The molecule has 0 aromatic carbocycles. The summed E-state index contributed by atoms with van der Waals surface area (Å²) in [5.74, 6) is -0.0319. The monoisotopic (exact) mass is 254 g/mol. The molecule has 1 amide bonds. The van der Waals surface area contributed by atoms with Gasteiger partial charge in [-0.15, -0.1) is 0 Å². The van der Waals surface area contributed by atoms with Crippen molar-refractivity contribution in [3.05, 3.63) is 0 Å². The van der Waals surface area contributed by atoms with Crippen molar-refractivity contribution in [2.45, 2.75) is 45.8 Å². The Morgan fingerprint density at radius 2 is 2.33 bits per heavy atom. The van der Waals surface area contributed by atoms with Crippen LogP contribution in [0.4, 0.5) is 0 Å². The molecule has 0 bridgehead atoms. The van der Waals surface area contributed by atoms with Gasteiger partial charge in [0.05, 0.1) is 36.8 Å². The molecule has 102 valence electrons. The van der Waals surface area contributed by atoms with Gasteiger partial charge in [-0.25, -0.2) is 0 Å². The zero-order valence-corrected chi connectivity index (χ0v) is 11.3. The quantitative estimate of drug-likeness (QED) is 0.809. The smallest absolute Gasteiger partial charge is 0.224 e. The van der Waals surface area contributed by atoms with Gasteiger partial charge in [-0.2, -0.15) is 5.26 Å². The highest BCUT2D eigenvalue weighted by Crippen LogP contribution is 2.22. The van der Waals surface area contributed by atoms with E-state index < -0.39 is 11.5 Å². The first-order valence-electron chi connectivity index (χ1n) is 6.32. The number of amides is 1. The fourth-order valence-electron chi connectivity index (χ4n) is 2.09. The SMILES string of the molecule is CC(O)CC1COCCN1C(=O)CC(C)(C)C#N. The minimum Gasteiger partial charge on any atom is -0.393 e. The van der Waals surface area contributed by atoms with Crippen LogP contribution in [0, 0.1) is 16.7 Å². The third-order valence-electron chi connectivity index (χ3n) is 3.06. The molecule has 5 nitrogen and oxygen atoms in total. The molecule has 1 aliphatic rings. The summed E-state index contributed by atoms with van der Waals surface area (Å²) in [6.45, 7) is 6.75. The summed E-state index contributed by atoms with van der Waals surface area (Å²) in [4.78, 5) is 13.9. The molecule has 1 fully saturated rings. The number of nitriles is 1. The summed E-state index contributed by atoms with van der Waals surface area (Å²) in [6, 6.07) is 2.06. The molecule has 1 saturated heterocycles. The number of carbonyl (C=O) groups is 1. The van der Waals surface area contributed by atoms with Crippen LogP contribution >= 0.6 is 0 Å². The van der Waals surface area contributed by atoms with Crippen molar-refractivity contribution < 1.29 is 14.6 Å². The van der Waals surface area contributed by atoms with Crippen LogP contribution in [0.25, 0.3) is 0 Å². The lowest BCUT2D eigenvalue weighted by Gasteiger charge is -2.37. The first kappa shape index (κ1) is 14.9. The Kier molecular flexibility index (Phi) is 5.12. The van der Waals surface area contributed by atoms with Crippen LogP contribution in [0.5, 0.6) is 0 Å². The van der Waals surface area contributed by atoms with Crippen molar-refractivity contribution in [1.82, 2.24) is 4.90 Å². The van der Waals surface area contributed by atoms with E-state index in [4.69, 9.17) is 10.00 Å². The molecule has 18 heavy (non-hydrogen) atoms. The normalized spacial score (nSPS) is 22.4. The number of hydrogen-bond acceptors (Lipinski definition) is 4. The topological polar surface area (TPSA) is 73.6 Å². The predicted molar refractivity (Wildman–Crippen MR) is 66.6 cm³/mol. The third kappa shape index (κ3) is 4.28. The first-order valence-corrected chi connectivity index (χ1v) is 6.32. The van der Waals surface area contributed by atoms with Crippen molar-refractivity contribution in [1.29, 1.82) is 5.26 Å². The maximum absolute atomic E-state index is 12.2. The molecule has 2 atom stereocenters. The number of nitrogens with zero attached hydrogens (tertiary/aromatic N) is 2. The lowest BCUT2D eigenvalue weighted by Crippen LogP contribution is -2.50. The van der Waals surface area contributed by atoms with Gasteiger partial charge < -0.3 is 14.7 Å². The molecule has 1 heterocycles. The van der Waals surface area contributed by atoms with Gasteiger partial charge in [0.1, 0.15) is 0 Å². The standard InChI is InChI=1S/C13H22N2O3/c1-10(16)6-11-8-18-5-4-15(11)12(17)7-13(2,3)9-14/h10-11,16H,4-8H2,1-3H3. The summed E-state index contributed by atoms with van der Waals surface area (Å²) in [5, 5.41) is 18.4. The number of morpholine rings is 1. The van der Waals surface area contributed by atoms with Gasteiger partial charge in [-0.05, 0) is 27.2 Å². The summed E-state index contributed by atoms with van der Waals surface area (Å²) in [5.41, 5.74) is -0.648. The van der Waals surface area contributed by atoms with Crippen LogP contribution < -0.4 is 0 Å². The minimum absolute atomic E-state index is 0.0319. The highest BCUT2D eigenvalue weighted by molar-refractivity contribution is 5.77. The average Bonchev–Trinajstić information content (AvgIpc) is 2.28. The van der Waals surface area contributed by atoms with E-state index in [1.165, 1.54) is 0 Å². The second kappa shape index (κ2) is 6.17. The first-order chi connectivity index (χ1) is 8.35. The molecule has 5 heteroatoms. The van der Waals surface area contributed by atoms with Gasteiger partial charge in [0.15, 0.2) is 0 Å². The lowest BCUT2D eigenvalue weighted by atomic mass is 9.90. The number of ether oxygens (including phenoxy) is 1. The molecule has 1 N–H and O–H groups in total. The van der Waals surface area contributed by atoms with Crippen molar-refractivity contribution in [3.8, 4) is 6.07 Å². The summed E-state index contributed by atoms with van der Waals surface area (Å²) < 4.78 is 5.35. The van der Waals surface area contributed by atoms with Gasteiger partial charge in [-0.3, -0.25) is 4.79 Å². The Morgan fingerprint density at radius 1 is 1.67 bits per heavy atom. The van der Waals surface area contributed by atoms with E-state index in [0.717, 1.165) is 0 Å². The lowest BCUT2D eigenvalue weighted by molar-refractivity contribution is -0.142. The molecular weight excluding hydrogens is 232 g/mol. The molecule has 2 unspecified atom stereocenters. The molecule has 0 radical (unpaired) electrons. The molecule has 0 aromatic heterocycles. The van der Waals surface area contributed by atoms with Gasteiger partial charge in [0.25, 0.3) is 0 Å². The van der Waals surface area contributed by atoms with E-state index in [9.17, 15) is 9.90 Å². The zero-order chi connectivity index (χ0) is 13.8. The molecule has 0 saturated carbocycles.